The number of halogens is 1. The van der Waals surface area contributed by atoms with E-state index in [9.17, 15) is 9.18 Å². The summed E-state index contributed by atoms with van der Waals surface area (Å²) in [5, 5.41) is 17.7. The van der Waals surface area contributed by atoms with Gasteiger partial charge in [-0.3, -0.25) is 0 Å². The van der Waals surface area contributed by atoms with Gasteiger partial charge in [0, 0.05) is 11.4 Å². The number of hydrogen-bond acceptors (Lipinski definition) is 4. The molecule has 0 saturated carbocycles. The van der Waals surface area contributed by atoms with Crippen molar-refractivity contribution >= 4 is 12.0 Å². The second-order valence-electron chi connectivity index (χ2n) is 4.23. The van der Waals surface area contributed by atoms with Gasteiger partial charge in [-0.05, 0) is 42.5 Å². The largest absolute Gasteiger partial charge is 0.464 e. The number of hydrogen-bond donors (Lipinski definition) is 0. The molecular formula is C16H10FN3O2. The Kier molecular flexibility index (Phi) is 4.36. The zero-order valence-corrected chi connectivity index (χ0v) is 11.6. The van der Waals surface area contributed by atoms with E-state index in [1.165, 1.54) is 48.1 Å². The van der Waals surface area contributed by atoms with Crippen molar-refractivity contribution in [2.45, 2.75) is 0 Å². The van der Waals surface area contributed by atoms with Crippen LogP contribution in [0.1, 0.15) is 16.2 Å². The van der Waals surface area contributed by atoms with E-state index in [4.69, 9.17) is 15.3 Å². The van der Waals surface area contributed by atoms with E-state index in [0.717, 1.165) is 0 Å². The molecule has 6 heteroatoms. The highest BCUT2D eigenvalue weighted by molar-refractivity contribution is 5.89. The summed E-state index contributed by atoms with van der Waals surface area (Å²) >= 11 is 0. The lowest BCUT2D eigenvalue weighted by Crippen LogP contribution is -2.10. The van der Waals surface area contributed by atoms with E-state index >= 15 is 0 Å². The number of esters is 1. The Labute approximate surface area is 126 Å². The second-order valence-corrected chi connectivity index (χ2v) is 4.23. The van der Waals surface area contributed by atoms with Gasteiger partial charge >= 0.3 is 5.97 Å². The quantitative estimate of drug-likeness (QED) is 0.644. The van der Waals surface area contributed by atoms with Gasteiger partial charge in [0.05, 0.1) is 7.11 Å². The van der Waals surface area contributed by atoms with Crippen molar-refractivity contribution in [3.63, 3.8) is 0 Å². The third-order valence-corrected chi connectivity index (χ3v) is 2.92. The topological polar surface area (TPSA) is 78.8 Å². The Morgan fingerprint density at radius 3 is 2.36 bits per heavy atom. The smallest absolute Gasteiger partial charge is 0.355 e. The Bertz CT molecular complexity index is 805. The molecule has 0 aliphatic carbocycles. The lowest BCUT2D eigenvalue weighted by atomic mass is 10.2. The summed E-state index contributed by atoms with van der Waals surface area (Å²) in [6.07, 6.45) is 1.34. The van der Waals surface area contributed by atoms with Gasteiger partial charge in [-0.25, -0.2) is 9.18 Å². The van der Waals surface area contributed by atoms with Crippen molar-refractivity contribution in [3.8, 4) is 17.8 Å². The van der Waals surface area contributed by atoms with E-state index < -0.39 is 11.8 Å². The van der Waals surface area contributed by atoms with Gasteiger partial charge in [-0.2, -0.15) is 10.5 Å². The van der Waals surface area contributed by atoms with Crippen LogP contribution in [0.3, 0.4) is 0 Å². The molecule has 0 bridgehead atoms. The third kappa shape index (κ3) is 2.87. The first kappa shape index (κ1) is 15.0. The Hall–Kier alpha value is -3.38. The van der Waals surface area contributed by atoms with Crippen LogP contribution in [-0.2, 0) is 4.74 Å². The fourth-order valence-corrected chi connectivity index (χ4v) is 1.94. The monoisotopic (exact) mass is 295 g/mol. The van der Waals surface area contributed by atoms with Gasteiger partial charge < -0.3 is 9.30 Å². The average molecular weight is 295 g/mol. The molecule has 0 spiro atoms. The van der Waals surface area contributed by atoms with Crippen LogP contribution < -0.4 is 0 Å². The zero-order valence-electron chi connectivity index (χ0n) is 11.6. The lowest BCUT2D eigenvalue weighted by Gasteiger charge is -2.10. The van der Waals surface area contributed by atoms with E-state index in [1.54, 1.807) is 18.2 Å². The molecule has 0 aliphatic rings. The van der Waals surface area contributed by atoms with Crippen LogP contribution in [-0.4, -0.2) is 17.6 Å². The first-order chi connectivity index (χ1) is 10.6. The first-order valence-corrected chi connectivity index (χ1v) is 6.18. The Morgan fingerprint density at radius 2 is 1.82 bits per heavy atom. The SMILES string of the molecule is COC(=O)c1ccc(C=C(C#N)C#N)n1-c1ccc(F)cc1. The van der Waals surface area contributed by atoms with Gasteiger partial charge in [-0.15, -0.1) is 0 Å². The number of methoxy groups -OCH3 is 1. The maximum Gasteiger partial charge on any atom is 0.355 e. The van der Waals surface area contributed by atoms with Crippen LogP contribution in [0.4, 0.5) is 4.39 Å². The van der Waals surface area contributed by atoms with Crippen molar-refractivity contribution in [1.82, 2.24) is 4.57 Å². The summed E-state index contributed by atoms with van der Waals surface area (Å²) in [5.41, 5.74) is 1.03. The van der Waals surface area contributed by atoms with Gasteiger partial charge in [0.25, 0.3) is 0 Å². The normalized spacial score (nSPS) is 9.45. The predicted octanol–water partition coefficient (Wildman–Crippen LogP) is 2.83. The van der Waals surface area contributed by atoms with Crippen molar-refractivity contribution in [1.29, 1.82) is 10.5 Å². The predicted molar refractivity (Wildman–Crippen MR) is 76.3 cm³/mol. The van der Waals surface area contributed by atoms with Crippen molar-refractivity contribution in [3.05, 3.63) is 59.2 Å². The van der Waals surface area contributed by atoms with E-state index in [2.05, 4.69) is 0 Å². The maximum atomic E-state index is 13.1. The van der Waals surface area contributed by atoms with Gasteiger partial charge in [0.1, 0.15) is 29.2 Å². The van der Waals surface area contributed by atoms with Crippen molar-refractivity contribution in [2.75, 3.05) is 7.11 Å². The summed E-state index contributed by atoms with van der Waals surface area (Å²) in [4.78, 5) is 11.8. The molecule has 0 atom stereocenters. The van der Waals surface area contributed by atoms with Crippen LogP contribution in [0.15, 0.2) is 42.0 Å². The fourth-order valence-electron chi connectivity index (χ4n) is 1.94. The van der Waals surface area contributed by atoms with Crippen LogP contribution in [0.2, 0.25) is 0 Å². The second kappa shape index (κ2) is 6.38. The Morgan fingerprint density at radius 1 is 1.18 bits per heavy atom. The molecule has 0 aliphatic heterocycles. The number of ether oxygens (including phenoxy) is 1. The van der Waals surface area contributed by atoms with E-state index in [1.807, 2.05) is 0 Å². The average Bonchev–Trinajstić information content (AvgIpc) is 2.96. The molecule has 2 aromatic rings. The molecule has 0 amide bonds. The van der Waals surface area contributed by atoms with E-state index in [0.29, 0.717) is 11.4 Å². The number of allylic oxidation sites excluding steroid dienone is 1. The Balaban J connectivity index is 2.67. The van der Waals surface area contributed by atoms with E-state index in [-0.39, 0.29) is 11.3 Å². The molecule has 0 radical (unpaired) electrons. The number of aromatic nitrogens is 1. The third-order valence-electron chi connectivity index (χ3n) is 2.92. The lowest BCUT2D eigenvalue weighted by molar-refractivity contribution is 0.0591. The maximum absolute atomic E-state index is 13.1. The van der Waals surface area contributed by atoms with Gasteiger partial charge in [0.2, 0.25) is 0 Å². The molecular weight excluding hydrogens is 285 g/mol. The van der Waals surface area contributed by atoms with Crippen LogP contribution in [0.5, 0.6) is 0 Å². The molecule has 0 fully saturated rings. The molecule has 0 unspecified atom stereocenters. The van der Waals surface area contributed by atoms with Gasteiger partial charge in [-0.1, -0.05) is 0 Å². The molecule has 22 heavy (non-hydrogen) atoms. The number of rotatable bonds is 3. The summed E-state index contributed by atoms with van der Waals surface area (Å²) in [6.45, 7) is 0. The zero-order chi connectivity index (χ0) is 16.1. The molecule has 1 heterocycles. The molecule has 1 aromatic carbocycles. The number of carbonyl (C=O) groups excluding carboxylic acids is 1. The van der Waals surface area contributed by atoms with Gasteiger partial charge in [0.15, 0.2) is 0 Å². The highest BCUT2D eigenvalue weighted by Gasteiger charge is 2.16. The molecule has 0 saturated heterocycles. The van der Waals surface area contributed by atoms with Crippen molar-refractivity contribution in [2.24, 2.45) is 0 Å². The number of nitriles is 2. The summed E-state index contributed by atoms with van der Waals surface area (Å²) in [7, 11) is 1.25. The minimum Gasteiger partial charge on any atom is -0.464 e. The number of benzene rings is 1. The summed E-state index contributed by atoms with van der Waals surface area (Å²) in [6, 6.07) is 12.0. The van der Waals surface area contributed by atoms with Crippen molar-refractivity contribution < 1.29 is 13.9 Å². The molecule has 1 aromatic heterocycles. The van der Waals surface area contributed by atoms with Crippen LogP contribution >= 0.6 is 0 Å². The standard InChI is InChI=1S/C16H10FN3O2/c1-22-16(21)15-7-6-14(8-11(9-18)10-19)20(15)13-4-2-12(17)3-5-13/h2-8H,1H3. The minimum absolute atomic E-state index is 0.113. The summed E-state index contributed by atoms with van der Waals surface area (Å²) in [5.74, 6) is -0.998. The number of carbonyl (C=O) groups is 1. The molecule has 0 N–H and O–H groups in total. The highest BCUT2D eigenvalue weighted by Crippen LogP contribution is 2.20. The highest BCUT2D eigenvalue weighted by atomic mass is 19.1. The van der Waals surface area contributed by atoms with Crippen LogP contribution in [0.25, 0.3) is 11.8 Å². The van der Waals surface area contributed by atoms with Crippen LogP contribution in [0, 0.1) is 28.5 Å². The molecule has 108 valence electrons. The molecule has 5 nitrogen and oxygen atoms in total. The molecule has 2 rings (SSSR count). The summed E-state index contributed by atoms with van der Waals surface area (Å²) < 4.78 is 19.3. The first-order valence-electron chi connectivity index (χ1n) is 6.18. The fraction of sp³-hybridized carbons (Fsp3) is 0.0625. The number of nitrogens with zero attached hydrogens (tertiary/aromatic N) is 3. The minimum atomic E-state index is -0.584.